The van der Waals surface area contributed by atoms with E-state index in [1.807, 2.05) is 42.5 Å². The third-order valence-electron chi connectivity index (χ3n) is 10.8. The summed E-state index contributed by atoms with van der Waals surface area (Å²) in [6.45, 7) is 8.65. The highest BCUT2D eigenvalue weighted by molar-refractivity contribution is 7.90. The summed E-state index contributed by atoms with van der Waals surface area (Å²) in [5, 5.41) is 11.3. The van der Waals surface area contributed by atoms with Crippen LogP contribution < -0.4 is 20.1 Å². The molecule has 0 radical (unpaired) electrons. The molecule has 1 aliphatic heterocycles. The molecule has 4 aromatic rings. The maximum Gasteiger partial charge on any atom is 0.264 e. The van der Waals surface area contributed by atoms with E-state index < -0.39 is 81.4 Å². The summed E-state index contributed by atoms with van der Waals surface area (Å²) in [6, 6.07) is 22.9. The molecular weight excluding hydrogens is 823 g/mol. The monoisotopic (exact) mass is 875 g/mol. The molecule has 0 aromatic heterocycles. The molecule has 5 rings (SSSR count). The standard InChI is InChI=1S/C47H53N7O8S/c1-7-23-62-37-21-18-31(19-22-37)24-35(44(57)52-63(60,61)38-15-9-8-10-16-38)27-41(55)39(26-32-17-20-33-13-11-12-14-34(33)25-32)49-45(58)40-28-36(51-53-48)29-54(40)46(59)42(47(4,5)6)50-43(56)30(2)3/h1,8-22,25,30,35-36,39-40,42H,23-24,26-29H2,2-6H3,(H,49,58)(H,50,56)(H,52,57)/t35-,36+,39+,40+,42-/m1/s1. The molecule has 0 saturated carbocycles. The minimum Gasteiger partial charge on any atom is -0.481 e. The Labute approximate surface area is 368 Å². The Morgan fingerprint density at radius 3 is 2.17 bits per heavy atom. The van der Waals surface area contributed by atoms with Crippen LogP contribution in [0, 0.1) is 29.6 Å². The second-order valence-electron chi connectivity index (χ2n) is 17.0. The molecule has 63 heavy (non-hydrogen) atoms. The highest BCUT2D eigenvalue weighted by atomic mass is 32.2. The molecule has 16 heteroatoms. The lowest BCUT2D eigenvalue weighted by atomic mass is 9.85. The van der Waals surface area contributed by atoms with E-state index in [-0.39, 0.29) is 43.2 Å². The van der Waals surface area contributed by atoms with Crippen LogP contribution in [0.3, 0.4) is 0 Å². The maximum atomic E-state index is 14.7. The molecule has 4 amide bonds. The average Bonchev–Trinajstić information content (AvgIpc) is 3.68. The number of ketones is 1. The van der Waals surface area contributed by atoms with Crippen LogP contribution in [0.5, 0.6) is 5.75 Å². The van der Waals surface area contributed by atoms with Gasteiger partial charge in [0.05, 0.1) is 17.0 Å². The van der Waals surface area contributed by atoms with Crippen molar-refractivity contribution < 1.29 is 37.1 Å². The summed E-state index contributed by atoms with van der Waals surface area (Å²) in [5.74, 6) is -1.96. The van der Waals surface area contributed by atoms with E-state index >= 15 is 0 Å². The number of fused-ring (bicyclic) bond motifs is 1. The normalized spacial score (nSPS) is 16.5. The first kappa shape index (κ1) is 47.4. The summed E-state index contributed by atoms with van der Waals surface area (Å²) >= 11 is 0. The number of carbonyl (C=O) groups is 5. The van der Waals surface area contributed by atoms with Crippen molar-refractivity contribution in [1.29, 1.82) is 0 Å². The number of azide groups is 1. The number of benzene rings is 4. The number of nitrogens with zero attached hydrogens (tertiary/aromatic N) is 4. The average molecular weight is 876 g/mol. The van der Waals surface area contributed by atoms with Gasteiger partial charge in [-0.3, -0.25) is 24.0 Å². The molecule has 0 aliphatic carbocycles. The maximum absolute atomic E-state index is 14.7. The Kier molecular flexibility index (Phi) is 15.7. The molecule has 1 fully saturated rings. The van der Waals surface area contributed by atoms with Gasteiger partial charge in [-0.15, -0.1) is 6.42 Å². The van der Waals surface area contributed by atoms with Crippen LogP contribution in [-0.4, -0.2) is 80.0 Å². The number of terminal acetylenes is 1. The van der Waals surface area contributed by atoms with Gasteiger partial charge in [-0.1, -0.05) is 118 Å². The molecule has 4 aromatic carbocycles. The van der Waals surface area contributed by atoms with Gasteiger partial charge in [-0.25, -0.2) is 13.1 Å². The number of ether oxygens (including phenoxy) is 1. The lowest BCUT2D eigenvalue weighted by Crippen LogP contribution is -2.59. The van der Waals surface area contributed by atoms with E-state index in [2.05, 4.69) is 31.3 Å². The summed E-state index contributed by atoms with van der Waals surface area (Å²) in [7, 11) is -4.34. The molecule has 1 saturated heterocycles. The molecule has 330 valence electrons. The highest BCUT2D eigenvalue weighted by Crippen LogP contribution is 2.29. The first-order chi connectivity index (χ1) is 29.9. The lowest BCUT2D eigenvalue weighted by molar-refractivity contribution is -0.144. The van der Waals surface area contributed by atoms with Crippen LogP contribution in [0.2, 0.25) is 0 Å². The molecular formula is C47H53N7O8S. The van der Waals surface area contributed by atoms with Crippen molar-refractivity contribution in [2.45, 2.75) is 89.4 Å². The van der Waals surface area contributed by atoms with Gasteiger partial charge < -0.3 is 20.3 Å². The van der Waals surface area contributed by atoms with Crippen LogP contribution in [0.1, 0.15) is 58.6 Å². The van der Waals surface area contributed by atoms with Crippen LogP contribution in [-0.2, 0) is 46.8 Å². The van der Waals surface area contributed by atoms with Crippen LogP contribution in [0.15, 0.2) is 107 Å². The molecule has 15 nitrogen and oxygen atoms in total. The number of nitrogens with one attached hydrogen (secondary N) is 3. The van der Waals surface area contributed by atoms with Gasteiger partial charge in [-0.05, 0) is 76.4 Å². The van der Waals surface area contributed by atoms with Crippen LogP contribution in [0.25, 0.3) is 21.2 Å². The predicted octanol–water partition coefficient (Wildman–Crippen LogP) is 5.67. The summed E-state index contributed by atoms with van der Waals surface area (Å²) in [6.07, 6.45) is 4.68. The summed E-state index contributed by atoms with van der Waals surface area (Å²) in [4.78, 5) is 74.6. The molecule has 0 unspecified atom stereocenters. The highest BCUT2D eigenvalue weighted by Gasteiger charge is 2.45. The van der Waals surface area contributed by atoms with Crippen molar-refractivity contribution in [3.63, 3.8) is 0 Å². The van der Waals surface area contributed by atoms with E-state index in [4.69, 9.17) is 11.2 Å². The van der Waals surface area contributed by atoms with E-state index in [1.54, 1.807) is 65.0 Å². The number of hydrogen-bond acceptors (Lipinski definition) is 9. The quantitative estimate of drug-likeness (QED) is 0.0489. The molecule has 0 bridgehead atoms. The topological polar surface area (TPSA) is 217 Å². The largest absolute Gasteiger partial charge is 0.481 e. The molecule has 0 spiro atoms. The van der Waals surface area contributed by atoms with Gasteiger partial charge in [0.15, 0.2) is 5.78 Å². The van der Waals surface area contributed by atoms with Crippen molar-refractivity contribution >= 4 is 50.2 Å². The van der Waals surface area contributed by atoms with Crippen LogP contribution >= 0.6 is 0 Å². The number of hydrogen-bond donors (Lipinski definition) is 3. The Morgan fingerprint density at radius 2 is 1.54 bits per heavy atom. The van der Waals surface area contributed by atoms with Gasteiger partial charge in [0.2, 0.25) is 23.6 Å². The van der Waals surface area contributed by atoms with Gasteiger partial charge in [0, 0.05) is 29.7 Å². The van der Waals surface area contributed by atoms with Gasteiger partial charge in [0.1, 0.15) is 24.4 Å². The third-order valence-corrected chi connectivity index (χ3v) is 12.2. The van der Waals surface area contributed by atoms with Crippen molar-refractivity contribution in [3.05, 3.63) is 119 Å². The first-order valence-corrected chi connectivity index (χ1v) is 22.1. The zero-order valence-electron chi connectivity index (χ0n) is 36.0. The zero-order chi connectivity index (χ0) is 45.9. The minimum atomic E-state index is -4.34. The zero-order valence-corrected chi connectivity index (χ0v) is 36.8. The van der Waals surface area contributed by atoms with E-state index in [1.165, 1.54) is 29.2 Å². The van der Waals surface area contributed by atoms with Gasteiger partial charge in [0.25, 0.3) is 10.0 Å². The molecule has 5 atom stereocenters. The number of amides is 4. The van der Waals surface area contributed by atoms with Crippen molar-refractivity contribution in [2.75, 3.05) is 13.2 Å². The van der Waals surface area contributed by atoms with E-state index in [0.29, 0.717) is 16.9 Å². The van der Waals surface area contributed by atoms with Gasteiger partial charge >= 0.3 is 0 Å². The number of likely N-dealkylation sites (tertiary alicyclic amines) is 1. The second kappa shape index (κ2) is 20.9. The lowest BCUT2D eigenvalue weighted by Gasteiger charge is -2.36. The smallest absolute Gasteiger partial charge is 0.264 e. The number of rotatable bonds is 18. The Morgan fingerprint density at radius 1 is 0.889 bits per heavy atom. The Bertz CT molecular complexity index is 2510. The molecule has 3 N–H and O–H groups in total. The van der Waals surface area contributed by atoms with Crippen molar-refractivity contribution in [3.8, 4) is 18.1 Å². The fraction of sp³-hybridized carbons (Fsp3) is 0.383. The third kappa shape index (κ3) is 12.7. The van der Waals surface area contributed by atoms with Crippen molar-refractivity contribution in [1.82, 2.24) is 20.3 Å². The number of carbonyl (C=O) groups excluding carboxylic acids is 5. The first-order valence-electron chi connectivity index (χ1n) is 20.6. The number of Topliss-reactive ketones (excluding diaryl/α,β-unsaturated/α-hetero) is 1. The second-order valence-corrected chi connectivity index (χ2v) is 18.7. The molecule has 1 aliphatic rings. The minimum absolute atomic E-state index is 0.0250. The SMILES string of the molecule is C#CCOc1ccc(C[C@H](CC(=O)[C@H](Cc2ccc3ccccc3c2)NC(=O)[C@@H]2C[C@H](N=[N+]=[N-])CN2C(=O)[C@@H](NC(=O)C(C)C)C(C)(C)C)C(=O)NS(=O)(=O)c2ccccc2)cc1. The van der Waals surface area contributed by atoms with Crippen molar-refractivity contribution in [2.24, 2.45) is 22.4 Å². The van der Waals surface area contributed by atoms with E-state index in [0.717, 1.165) is 10.8 Å². The summed E-state index contributed by atoms with van der Waals surface area (Å²) in [5.41, 5.74) is 9.82. The summed E-state index contributed by atoms with van der Waals surface area (Å²) < 4.78 is 34.4. The molecule has 1 heterocycles. The van der Waals surface area contributed by atoms with E-state index in [9.17, 15) is 37.9 Å². The fourth-order valence-corrected chi connectivity index (χ4v) is 8.41. The van der Waals surface area contributed by atoms with Gasteiger partial charge in [-0.2, -0.15) is 0 Å². The Balaban J connectivity index is 1.50. The predicted molar refractivity (Wildman–Crippen MR) is 238 cm³/mol. The fourth-order valence-electron chi connectivity index (χ4n) is 7.35. The Hall–Kier alpha value is -6.69. The van der Waals surface area contributed by atoms with Crippen LogP contribution in [0.4, 0.5) is 0 Å². The number of sulfonamides is 1.